The monoisotopic (exact) mass is 383 g/mol. The van der Waals surface area contributed by atoms with E-state index in [2.05, 4.69) is 21.2 Å². The molecule has 0 heterocycles. The zero-order chi connectivity index (χ0) is 17.0. The molecule has 0 aromatic heterocycles. The van der Waals surface area contributed by atoms with E-state index >= 15 is 0 Å². The maximum atomic E-state index is 13.5. The van der Waals surface area contributed by atoms with Crippen LogP contribution in [0.5, 0.6) is 0 Å². The Kier molecular flexibility index (Phi) is 5.44. The van der Waals surface area contributed by atoms with Gasteiger partial charge < -0.3 is 10.1 Å². The number of rotatable bonds is 4. The Hall–Kier alpha value is -2.28. The van der Waals surface area contributed by atoms with Crippen LogP contribution in [0.1, 0.15) is 17.3 Å². The van der Waals surface area contributed by atoms with E-state index in [-0.39, 0.29) is 11.3 Å². The van der Waals surface area contributed by atoms with E-state index in [1.165, 1.54) is 13.0 Å². The van der Waals surface area contributed by atoms with Crippen molar-refractivity contribution < 1.29 is 23.1 Å². The van der Waals surface area contributed by atoms with E-state index < -0.39 is 29.6 Å². The van der Waals surface area contributed by atoms with Crippen molar-refractivity contribution in [3.63, 3.8) is 0 Å². The second-order valence-electron chi connectivity index (χ2n) is 4.64. The van der Waals surface area contributed by atoms with Crippen LogP contribution >= 0.6 is 15.9 Å². The zero-order valence-corrected chi connectivity index (χ0v) is 13.6. The lowest BCUT2D eigenvalue weighted by atomic mass is 10.2. The first-order chi connectivity index (χ1) is 10.9. The molecule has 0 fully saturated rings. The van der Waals surface area contributed by atoms with Gasteiger partial charge in [0.2, 0.25) is 0 Å². The number of carbonyl (C=O) groups is 2. The molecule has 1 N–H and O–H groups in total. The fourth-order valence-corrected chi connectivity index (χ4v) is 2.18. The van der Waals surface area contributed by atoms with Crippen molar-refractivity contribution in [2.24, 2.45) is 0 Å². The van der Waals surface area contributed by atoms with Crippen molar-refractivity contribution in [3.8, 4) is 0 Å². The maximum Gasteiger partial charge on any atom is 0.340 e. The minimum absolute atomic E-state index is 0.254. The van der Waals surface area contributed by atoms with Gasteiger partial charge in [-0.05, 0) is 47.1 Å². The van der Waals surface area contributed by atoms with Gasteiger partial charge >= 0.3 is 5.97 Å². The van der Waals surface area contributed by atoms with Gasteiger partial charge in [-0.15, -0.1) is 0 Å². The molecular formula is C16H12BrF2NO3. The van der Waals surface area contributed by atoms with Crippen LogP contribution in [0.2, 0.25) is 0 Å². The highest BCUT2D eigenvalue weighted by atomic mass is 79.9. The van der Waals surface area contributed by atoms with E-state index in [1.54, 1.807) is 18.2 Å². The Balaban J connectivity index is 2.04. The molecule has 0 aliphatic carbocycles. The SMILES string of the molecule is CC(OC(=O)c1ccccc1Br)C(=O)Nc1cc(F)ccc1F. The Labute approximate surface area is 139 Å². The topological polar surface area (TPSA) is 55.4 Å². The molecule has 1 amide bonds. The summed E-state index contributed by atoms with van der Waals surface area (Å²) < 4.78 is 32.1. The molecule has 0 bridgehead atoms. The van der Waals surface area contributed by atoms with Crippen LogP contribution in [0.25, 0.3) is 0 Å². The third kappa shape index (κ3) is 4.35. The highest BCUT2D eigenvalue weighted by Gasteiger charge is 2.21. The lowest BCUT2D eigenvalue weighted by Gasteiger charge is -2.14. The first-order valence-electron chi connectivity index (χ1n) is 6.60. The summed E-state index contributed by atoms with van der Waals surface area (Å²) in [4.78, 5) is 23.9. The van der Waals surface area contributed by atoms with Gasteiger partial charge in [0.05, 0.1) is 11.3 Å². The van der Waals surface area contributed by atoms with Crippen molar-refractivity contribution >= 4 is 33.5 Å². The molecule has 1 atom stereocenters. The lowest BCUT2D eigenvalue weighted by molar-refractivity contribution is -0.123. The van der Waals surface area contributed by atoms with Gasteiger partial charge in [0.1, 0.15) is 11.6 Å². The van der Waals surface area contributed by atoms with Crippen LogP contribution in [-0.2, 0) is 9.53 Å². The normalized spacial score (nSPS) is 11.7. The Bertz CT molecular complexity index is 752. The largest absolute Gasteiger partial charge is 0.449 e. The molecule has 0 radical (unpaired) electrons. The van der Waals surface area contributed by atoms with E-state index in [9.17, 15) is 18.4 Å². The zero-order valence-electron chi connectivity index (χ0n) is 12.0. The molecule has 7 heteroatoms. The first kappa shape index (κ1) is 17.1. The van der Waals surface area contributed by atoms with Crippen LogP contribution < -0.4 is 5.32 Å². The predicted octanol–water partition coefficient (Wildman–Crippen LogP) is 3.91. The number of carbonyl (C=O) groups excluding carboxylic acids is 2. The summed E-state index contributed by atoms with van der Waals surface area (Å²) in [6, 6.07) is 9.23. The summed E-state index contributed by atoms with van der Waals surface area (Å²) in [5.74, 6) is -2.96. The standard InChI is InChI=1S/C16H12BrF2NO3/c1-9(23-16(22)11-4-2-3-5-12(11)17)15(21)20-14-8-10(18)6-7-13(14)19/h2-9H,1H3,(H,20,21). The Morgan fingerprint density at radius 3 is 2.57 bits per heavy atom. The molecule has 23 heavy (non-hydrogen) atoms. The summed E-state index contributed by atoms with van der Waals surface area (Å²) in [5, 5.41) is 2.18. The van der Waals surface area contributed by atoms with Crippen molar-refractivity contribution in [1.82, 2.24) is 0 Å². The molecule has 0 aliphatic rings. The van der Waals surface area contributed by atoms with E-state index in [0.717, 1.165) is 18.2 Å². The third-order valence-electron chi connectivity index (χ3n) is 2.93. The number of hydrogen-bond donors (Lipinski definition) is 1. The van der Waals surface area contributed by atoms with E-state index in [1.807, 2.05) is 0 Å². The van der Waals surface area contributed by atoms with Crippen LogP contribution in [0, 0.1) is 11.6 Å². The number of halogens is 3. The molecule has 2 rings (SSSR count). The minimum Gasteiger partial charge on any atom is -0.449 e. The van der Waals surface area contributed by atoms with Crippen molar-refractivity contribution in [1.29, 1.82) is 0 Å². The lowest BCUT2D eigenvalue weighted by Crippen LogP contribution is -2.30. The fourth-order valence-electron chi connectivity index (χ4n) is 1.73. The van der Waals surface area contributed by atoms with Gasteiger partial charge in [0, 0.05) is 10.5 Å². The van der Waals surface area contributed by atoms with Gasteiger partial charge in [0.15, 0.2) is 6.10 Å². The minimum atomic E-state index is -1.18. The molecule has 1 unspecified atom stereocenters. The molecule has 0 aliphatic heterocycles. The van der Waals surface area contributed by atoms with Crippen LogP contribution in [0.4, 0.5) is 14.5 Å². The molecule has 0 saturated carbocycles. The highest BCUT2D eigenvalue weighted by Crippen LogP contribution is 2.19. The average Bonchev–Trinajstić information content (AvgIpc) is 2.51. The molecule has 4 nitrogen and oxygen atoms in total. The molecule has 0 spiro atoms. The quantitative estimate of drug-likeness (QED) is 0.814. The van der Waals surface area contributed by atoms with Gasteiger partial charge in [0.25, 0.3) is 5.91 Å². The average molecular weight is 384 g/mol. The fraction of sp³-hybridized carbons (Fsp3) is 0.125. The number of nitrogens with one attached hydrogen (secondary N) is 1. The number of esters is 1. The van der Waals surface area contributed by atoms with Crippen molar-refractivity contribution in [3.05, 3.63) is 64.1 Å². The number of benzene rings is 2. The number of hydrogen-bond acceptors (Lipinski definition) is 3. The maximum absolute atomic E-state index is 13.5. The first-order valence-corrected chi connectivity index (χ1v) is 7.39. The van der Waals surface area contributed by atoms with E-state index in [0.29, 0.717) is 4.47 Å². The summed E-state index contributed by atoms with van der Waals surface area (Å²) in [6.07, 6.45) is -1.18. The van der Waals surface area contributed by atoms with Crippen LogP contribution in [-0.4, -0.2) is 18.0 Å². The molecule has 2 aromatic carbocycles. The Morgan fingerprint density at radius 1 is 1.17 bits per heavy atom. The molecular weight excluding hydrogens is 372 g/mol. The van der Waals surface area contributed by atoms with Crippen molar-refractivity contribution in [2.75, 3.05) is 5.32 Å². The van der Waals surface area contributed by atoms with Gasteiger partial charge in [-0.3, -0.25) is 4.79 Å². The van der Waals surface area contributed by atoms with Crippen LogP contribution in [0.3, 0.4) is 0 Å². The van der Waals surface area contributed by atoms with Crippen molar-refractivity contribution in [2.45, 2.75) is 13.0 Å². The van der Waals surface area contributed by atoms with Crippen LogP contribution in [0.15, 0.2) is 46.9 Å². The molecule has 0 saturated heterocycles. The van der Waals surface area contributed by atoms with Gasteiger partial charge in [-0.1, -0.05) is 12.1 Å². The Morgan fingerprint density at radius 2 is 1.87 bits per heavy atom. The number of amides is 1. The summed E-state index contributed by atoms with van der Waals surface area (Å²) in [6.45, 7) is 1.33. The number of ether oxygens (including phenoxy) is 1. The molecule has 120 valence electrons. The summed E-state index contributed by atoms with van der Waals surface area (Å²) in [5.41, 5.74) is -0.0668. The molecule has 2 aromatic rings. The predicted molar refractivity (Wildman–Crippen MR) is 84.0 cm³/mol. The highest BCUT2D eigenvalue weighted by molar-refractivity contribution is 9.10. The summed E-state index contributed by atoms with van der Waals surface area (Å²) in [7, 11) is 0. The number of anilines is 1. The van der Waals surface area contributed by atoms with Gasteiger partial charge in [-0.25, -0.2) is 13.6 Å². The third-order valence-corrected chi connectivity index (χ3v) is 3.62. The van der Waals surface area contributed by atoms with E-state index in [4.69, 9.17) is 4.74 Å². The second-order valence-corrected chi connectivity index (χ2v) is 5.50. The smallest absolute Gasteiger partial charge is 0.340 e. The summed E-state index contributed by atoms with van der Waals surface area (Å²) >= 11 is 3.20. The second kappa shape index (κ2) is 7.32. The van der Waals surface area contributed by atoms with Gasteiger partial charge in [-0.2, -0.15) is 0 Å².